The van der Waals surface area contributed by atoms with Crippen LogP contribution in [0.5, 0.6) is 0 Å². The van der Waals surface area contributed by atoms with E-state index in [0.29, 0.717) is 25.2 Å². The van der Waals surface area contributed by atoms with Crippen LogP contribution in [0.25, 0.3) is 0 Å². The van der Waals surface area contributed by atoms with Gasteiger partial charge in [-0.1, -0.05) is 35.5 Å². The zero-order chi connectivity index (χ0) is 22.5. The van der Waals surface area contributed by atoms with E-state index in [1.54, 1.807) is 15.8 Å². The Morgan fingerprint density at radius 1 is 1.09 bits per heavy atom. The number of aromatic nitrogens is 3. The molecule has 0 radical (unpaired) electrons. The number of hydrogen-bond acceptors (Lipinski definition) is 4. The zero-order valence-electron chi connectivity index (χ0n) is 17.4. The number of hydrogen-bond donors (Lipinski definition) is 1. The largest absolute Gasteiger partial charge is 0.350 e. The van der Waals surface area contributed by atoms with Gasteiger partial charge >= 0.3 is 0 Å². The second kappa shape index (κ2) is 9.67. The highest BCUT2D eigenvalue weighted by atomic mass is 19.1. The summed E-state index contributed by atoms with van der Waals surface area (Å²) in [5.41, 5.74) is 1.78. The molecule has 3 aromatic rings. The summed E-state index contributed by atoms with van der Waals surface area (Å²) >= 11 is 0. The number of benzene rings is 2. The molecule has 1 aromatic heterocycles. The van der Waals surface area contributed by atoms with Crippen molar-refractivity contribution in [3.8, 4) is 0 Å². The fourth-order valence-corrected chi connectivity index (χ4v) is 3.79. The van der Waals surface area contributed by atoms with Gasteiger partial charge in [0.05, 0.1) is 6.20 Å². The van der Waals surface area contributed by atoms with E-state index in [4.69, 9.17) is 0 Å². The van der Waals surface area contributed by atoms with Crippen LogP contribution in [0.1, 0.15) is 28.0 Å². The van der Waals surface area contributed by atoms with Crippen molar-refractivity contribution in [1.82, 2.24) is 25.2 Å². The molecule has 7 nitrogen and oxygen atoms in total. The van der Waals surface area contributed by atoms with Gasteiger partial charge in [-0.15, -0.1) is 5.10 Å². The second-order valence-electron chi connectivity index (χ2n) is 7.93. The molecule has 2 amide bonds. The number of nitrogens with one attached hydrogen (secondary N) is 1. The first kappa shape index (κ1) is 21.6. The van der Waals surface area contributed by atoms with E-state index in [1.807, 2.05) is 30.3 Å². The smallest absolute Gasteiger partial charge is 0.273 e. The number of amides is 2. The third-order valence-corrected chi connectivity index (χ3v) is 5.39. The molecular weight excluding hydrogens is 416 g/mol. The number of nitrogens with zero attached hydrogens (tertiary/aromatic N) is 4. The Bertz CT molecular complexity index is 1080. The van der Waals surface area contributed by atoms with Crippen LogP contribution in [0.2, 0.25) is 0 Å². The number of likely N-dealkylation sites (tertiary alicyclic amines) is 1. The summed E-state index contributed by atoms with van der Waals surface area (Å²) < 4.78 is 28.4. The SMILES string of the molecule is O=C(NCC1CC(=O)N(Cc2cc(F)cc(F)c2)C1)c1cn(CCc2ccccc2)nn1. The molecule has 4 rings (SSSR count). The lowest BCUT2D eigenvalue weighted by molar-refractivity contribution is -0.128. The van der Waals surface area contributed by atoms with Crippen LogP contribution >= 0.6 is 0 Å². The number of halogens is 2. The molecule has 1 aliphatic rings. The molecule has 1 unspecified atom stereocenters. The maximum Gasteiger partial charge on any atom is 0.273 e. The van der Waals surface area contributed by atoms with E-state index in [-0.39, 0.29) is 36.4 Å². The van der Waals surface area contributed by atoms with E-state index in [0.717, 1.165) is 12.5 Å². The fraction of sp³-hybridized carbons (Fsp3) is 0.304. The minimum Gasteiger partial charge on any atom is -0.350 e. The zero-order valence-corrected chi connectivity index (χ0v) is 17.4. The van der Waals surface area contributed by atoms with Gasteiger partial charge in [-0.25, -0.2) is 8.78 Å². The third kappa shape index (κ3) is 5.54. The Morgan fingerprint density at radius 2 is 1.84 bits per heavy atom. The lowest BCUT2D eigenvalue weighted by Gasteiger charge is -2.17. The van der Waals surface area contributed by atoms with Gasteiger partial charge in [-0.05, 0) is 29.7 Å². The van der Waals surface area contributed by atoms with Gasteiger partial charge in [0.15, 0.2) is 5.69 Å². The predicted octanol–water partition coefficient (Wildman–Crippen LogP) is 2.58. The van der Waals surface area contributed by atoms with E-state index < -0.39 is 11.6 Å². The van der Waals surface area contributed by atoms with Gasteiger partial charge in [-0.3, -0.25) is 14.3 Å². The molecule has 1 N–H and O–H groups in total. The van der Waals surface area contributed by atoms with Crippen LogP contribution in [-0.2, 0) is 24.3 Å². The molecule has 166 valence electrons. The van der Waals surface area contributed by atoms with Crippen LogP contribution in [0.4, 0.5) is 8.78 Å². The van der Waals surface area contributed by atoms with Crippen LogP contribution in [0.15, 0.2) is 54.7 Å². The molecule has 0 spiro atoms. The number of rotatable bonds is 8. The van der Waals surface area contributed by atoms with Gasteiger partial charge in [-0.2, -0.15) is 0 Å². The van der Waals surface area contributed by atoms with Gasteiger partial charge in [0.1, 0.15) is 11.6 Å². The van der Waals surface area contributed by atoms with Crippen molar-refractivity contribution < 1.29 is 18.4 Å². The highest BCUT2D eigenvalue weighted by Crippen LogP contribution is 2.20. The molecule has 1 fully saturated rings. The number of carbonyl (C=O) groups is 2. The summed E-state index contributed by atoms with van der Waals surface area (Å²) in [6.07, 6.45) is 2.64. The first-order valence-corrected chi connectivity index (χ1v) is 10.4. The Morgan fingerprint density at radius 3 is 2.59 bits per heavy atom. The van der Waals surface area contributed by atoms with Crippen molar-refractivity contribution in [2.24, 2.45) is 5.92 Å². The molecule has 9 heteroatoms. The molecule has 1 atom stereocenters. The van der Waals surface area contributed by atoms with Crippen LogP contribution in [-0.4, -0.2) is 44.8 Å². The number of aryl methyl sites for hydroxylation is 2. The standard InChI is InChI=1S/C23H23F2N5O2/c24-19-8-17(9-20(25)11-19)13-29-14-18(10-22(29)31)12-26-23(32)21-15-30(28-27-21)7-6-16-4-2-1-3-5-16/h1-5,8-9,11,15,18H,6-7,10,12-14H2,(H,26,32). The summed E-state index contributed by atoms with van der Waals surface area (Å²) in [6, 6.07) is 13.2. The van der Waals surface area contributed by atoms with Crippen LogP contribution < -0.4 is 5.32 Å². The molecule has 1 aliphatic heterocycles. The van der Waals surface area contributed by atoms with Crippen molar-refractivity contribution in [2.45, 2.75) is 25.9 Å². The fourth-order valence-electron chi connectivity index (χ4n) is 3.79. The first-order chi connectivity index (χ1) is 15.5. The van der Waals surface area contributed by atoms with E-state index in [2.05, 4.69) is 15.6 Å². The molecule has 2 heterocycles. The Kier molecular flexibility index (Phi) is 6.53. The summed E-state index contributed by atoms with van der Waals surface area (Å²) in [6.45, 7) is 1.45. The van der Waals surface area contributed by atoms with E-state index in [1.165, 1.54) is 17.7 Å². The average molecular weight is 439 g/mol. The molecule has 0 saturated carbocycles. The molecule has 0 bridgehead atoms. The molecule has 1 saturated heterocycles. The quantitative estimate of drug-likeness (QED) is 0.585. The lowest BCUT2D eigenvalue weighted by Crippen LogP contribution is -2.31. The van der Waals surface area contributed by atoms with Crippen LogP contribution in [0, 0.1) is 17.6 Å². The first-order valence-electron chi connectivity index (χ1n) is 10.4. The Hall–Kier alpha value is -3.62. The molecule has 2 aromatic carbocycles. The second-order valence-corrected chi connectivity index (χ2v) is 7.93. The lowest BCUT2D eigenvalue weighted by atomic mass is 10.1. The molecular formula is C23H23F2N5O2. The maximum absolute atomic E-state index is 13.4. The molecule has 0 aliphatic carbocycles. The van der Waals surface area contributed by atoms with Crippen molar-refractivity contribution >= 4 is 11.8 Å². The van der Waals surface area contributed by atoms with Crippen molar-refractivity contribution in [3.63, 3.8) is 0 Å². The normalized spacial score (nSPS) is 15.9. The summed E-state index contributed by atoms with van der Waals surface area (Å²) in [5, 5.41) is 10.7. The van der Waals surface area contributed by atoms with Gasteiger partial charge in [0.25, 0.3) is 5.91 Å². The van der Waals surface area contributed by atoms with Crippen LogP contribution in [0.3, 0.4) is 0 Å². The average Bonchev–Trinajstić information content (AvgIpc) is 3.37. The van der Waals surface area contributed by atoms with Gasteiger partial charge < -0.3 is 10.2 Å². The predicted molar refractivity (Wildman–Crippen MR) is 112 cm³/mol. The van der Waals surface area contributed by atoms with Gasteiger partial charge in [0.2, 0.25) is 5.91 Å². The highest BCUT2D eigenvalue weighted by molar-refractivity contribution is 5.91. The number of carbonyl (C=O) groups excluding carboxylic acids is 2. The molecule has 32 heavy (non-hydrogen) atoms. The highest BCUT2D eigenvalue weighted by Gasteiger charge is 2.30. The summed E-state index contributed by atoms with van der Waals surface area (Å²) in [4.78, 5) is 26.2. The Labute approximate surface area is 184 Å². The minimum atomic E-state index is -0.674. The monoisotopic (exact) mass is 439 g/mol. The summed E-state index contributed by atoms with van der Waals surface area (Å²) in [5.74, 6) is -1.90. The minimum absolute atomic E-state index is 0.0852. The van der Waals surface area contributed by atoms with E-state index in [9.17, 15) is 18.4 Å². The topological polar surface area (TPSA) is 80.1 Å². The summed E-state index contributed by atoms with van der Waals surface area (Å²) in [7, 11) is 0. The van der Waals surface area contributed by atoms with Crippen molar-refractivity contribution in [3.05, 3.63) is 83.2 Å². The third-order valence-electron chi connectivity index (χ3n) is 5.39. The van der Waals surface area contributed by atoms with Gasteiger partial charge in [0, 0.05) is 44.6 Å². The maximum atomic E-state index is 13.4. The van der Waals surface area contributed by atoms with E-state index >= 15 is 0 Å². The van der Waals surface area contributed by atoms with Crippen molar-refractivity contribution in [2.75, 3.05) is 13.1 Å². The Balaban J connectivity index is 1.25. The van der Waals surface area contributed by atoms with Crippen molar-refractivity contribution in [1.29, 1.82) is 0 Å².